The fraction of sp³-hybridized carbons (Fsp3) is 0.391. The zero-order chi connectivity index (χ0) is 24.1. The minimum atomic E-state index is -4.54. The molecule has 1 aromatic carbocycles. The van der Waals surface area contributed by atoms with Crippen LogP contribution in [0.2, 0.25) is 0 Å². The number of hydrogen-bond donors (Lipinski definition) is 1. The van der Waals surface area contributed by atoms with Gasteiger partial charge >= 0.3 is 12.2 Å². The fourth-order valence-electron chi connectivity index (χ4n) is 4.67. The maximum atomic E-state index is 13.2. The van der Waals surface area contributed by atoms with Crippen LogP contribution in [0.3, 0.4) is 0 Å². The van der Waals surface area contributed by atoms with Gasteiger partial charge < -0.3 is 5.32 Å². The van der Waals surface area contributed by atoms with E-state index in [1.54, 1.807) is 11.3 Å². The number of amides is 3. The summed E-state index contributed by atoms with van der Waals surface area (Å²) in [6.45, 7) is 3.24. The lowest BCUT2D eigenvalue weighted by Gasteiger charge is -2.40. The van der Waals surface area contributed by atoms with Gasteiger partial charge in [0.05, 0.1) is 22.3 Å². The Balaban J connectivity index is 1.25. The van der Waals surface area contributed by atoms with E-state index in [0.29, 0.717) is 31.5 Å². The van der Waals surface area contributed by atoms with Crippen molar-refractivity contribution in [2.45, 2.75) is 44.1 Å². The van der Waals surface area contributed by atoms with Crippen LogP contribution in [-0.2, 0) is 17.5 Å². The normalized spacial score (nSPS) is 19.7. The van der Waals surface area contributed by atoms with Gasteiger partial charge in [-0.3, -0.25) is 19.6 Å². The molecule has 2 aliphatic rings. The summed E-state index contributed by atoms with van der Waals surface area (Å²) in [6.07, 6.45) is -2.57. The summed E-state index contributed by atoms with van der Waals surface area (Å²) in [7, 11) is 0. The topological polar surface area (TPSA) is 78.4 Å². The molecular formula is C23H22F3N5O2S. The highest BCUT2D eigenvalue weighted by Gasteiger charge is 2.52. The molecule has 2 fully saturated rings. The van der Waals surface area contributed by atoms with Crippen LogP contribution in [0.15, 0.2) is 42.0 Å². The molecule has 2 aliphatic heterocycles. The van der Waals surface area contributed by atoms with E-state index < -0.39 is 23.4 Å². The van der Waals surface area contributed by atoms with E-state index in [9.17, 15) is 22.8 Å². The SMILES string of the molecule is C[C@H](c1ccc2scnc2c1)N1CCC2(CC1)NC(=O)N(Cc1ccc(C(F)(F)F)nc1)C2=O. The van der Waals surface area contributed by atoms with Gasteiger partial charge in [-0.25, -0.2) is 9.78 Å². The van der Waals surface area contributed by atoms with Crippen molar-refractivity contribution in [1.29, 1.82) is 0 Å². The lowest BCUT2D eigenvalue weighted by atomic mass is 9.86. The quantitative estimate of drug-likeness (QED) is 0.551. The number of imide groups is 1. The van der Waals surface area contributed by atoms with Crippen molar-refractivity contribution in [2.24, 2.45) is 0 Å². The number of rotatable bonds is 4. The number of thiazole rings is 1. The zero-order valence-corrected chi connectivity index (χ0v) is 19.1. The smallest absolute Gasteiger partial charge is 0.323 e. The predicted octanol–water partition coefficient (Wildman–Crippen LogP) is 4.36. The van der Waals surface area contributed by atoms with Crippen molar-refractivity contribution in [3.05, 3.63) is 58.9 Å². The summed E-state index contributed by atoms with van der Waals surface area (Å²) in [5, 5.41) is 2.85. The average molecular weight is 490 g/mol. The van der Waals surface area contributed by atoms with Crippen LogP contribution in [0.4, 0.5) is 18.0 Å². The summed E-state index contributed by atoms with van der Waals surface area (Å²) in [4.78, 5) is 36.9. The largest absolute Gasteiger partial charge is 0.433 e. The minimum Gasteiger partial charge on any atom is -0.323 e. The number of carbonyl (C=O) groups is 2. The summed E-state index contributed by atoms with van der Waals surface area (Å²) < 4.78 is 39.4. The molecule has 11 heteroatoms. The highest BCUT2D eigenvalue weighted by molar-refractivity contribution is 7.16. The second kappa shape index (κ2) is 8.31. The van der Waals surface area contributed by atoms with E-state index in [0.717, 1.165) is 32.9 Å². The number of nitrogens with zero attached hydrogens (tertiary/aromatic N) is 4. The van der Waals surface area contributed by atoms with E-state index in [1.165, 1.54) is 6.07 Å². The van der Waals surface area contributed by atoms with Crippen molar-refractivity contribution >= 4 is 33.5 Å². The summed E-state index contributed by atoms with van der Waals surface area (Å²) in [5.41, 5.74) is 2.30. The summed E-state index contributed by atoms with van der Waals surface area (Å²) in [5.74, 6) is -0.339. The molecule has 1 atom stereocenters. The second-order valence-corrected chi connectivity index (χ2v) is 9.63. The third-order valence-corrected chi connectivity index (χ3v) is 7.55. The van der Waals surface area contributed by atoms with Gasteiger partial charge in [-0.15, -0.1) is 11.3 Å². The van der Waals surface area contributed by atoms with E-state index in [2.05, 4.69) is 45.3 Å². The molecule has 5 rings (SSSR count). The highest BCUT2D eigenvalue weighted by atomic mass is 32.1. The van der Waals surface area contributed by atoms with Crippen LogP contribution in [0.25, 0.3) is 10.2 Å². The number of aromatic nitrogens is 2. The van der Waals surface area contributed by atoms with Crippen molar-refractivity contribution in [2.75, 3.05) is 13.1 Å². The molecule has 0 aliphatic carbocycles. The third kappa shape index (κ3) is 4.03. The Bertz CT molecular complexity index is 1240. The molecule has 34 heavy (non-hydrogen) atoms. The van der Waals surface area contributed by atoms with Crippen LogP contribution in [0.1, 0.15) is 42.6 Å². The first-order chi connectivity index (χ1) is 16.2. The Morgan fingerprint density at radius 1 is 1.15 bits per heavy atom. The molecule has 7 nitrogen and oxygen atoms in total. The lowest BCUT2D eigenvalue weighted by Crippen LogP contribution is -2.55. The standard InChI is InChI=1S/C23H22F3N5O2S/c1-14(16-3-4-18-17(10-16)28-13-34-18)30-8-6-22(7-9-30)20(32)31(21(33)29-22)12-15-2-5-19(27-11-15)23(24,25)26/h2-5,10-11,13-14H,6-9,12H2,1H3,(H,29,33)/t14-/m1/s1. The van der Waals surface area contributed by atoms with E-state index in [4.69, 9.17) is 0 Å². The molecular weight excluding hydrogens is 467 g/mol. The summed E-state index contributed by atoms with van der Waals surface area (Å²) >= 11 is 1.60. The molecule has 1 spiro atoms. The van der Waals surface area contributed by atoms with Gasteiger partial charge in [-0.1, -0.05) is 12.1 Å². The van der Waals surface area contributed by atoms with E-state index in [-0.39, 0.29) is 18.5 Å². The predicted molar refractivity (Wildman–Crippen MR) is 120 cm³/mol. The van der Waals surface area contributed by atoms with Gasteiger partial charge in [-0.05, 0) is 49.1 Å². The summed E-state index contributed by atoms with van der Waals surface area (Å²) in [6, 6.07) is 7.95. The molecule has 0 radical (unpaired) electrons. The lowest BCUT2D eigenvalue weighted by molar-refractivity contribution is -0.141. The number of fused-ring (bicyclic) bond motifs is 1. The molecule has 0 unspecified atom stereocenters. The van der Waals surface area contributed by atoms with Gasteiger partial charge in [0.1, 0.15) is 11.2 Å². The highest BCUT2D eigenvalue weighted by Crippen LogP contribution is 2.35. The van der Waals surface area contributed by atoms with Crippen LogP contribution in [0.5, 0.6) is 0 Å². The minimum absolute atomic E-state index is 0.120. The Kier molecular flexibility index (Phi) is 5.56. The molecule has 178 valence electrons. The molecule has 1 N–H and O–H groups in total. The zero-order valence-electron chi connectivity index (χ0n) is 18.3. The Hall–Kier alpha value is -3.05. The number of carbonyl (C=O) groups excluding carboxylic acids is 2. The number of halogens is 3. The second-order valence-electron chi connectivity index (χ2n) is 8.74. The third-order valence-electron chi connectivity index (χ3n) is 6.74. The number of piperidine rings is 1. The number of benzene rings is 1. The van der Waals surface area contributed by atoms with Gasteiger partial charge in [0, 0.05) is 25.3 Å². The molecule has 0 saturated carbocycles. The van der Waals surface area contributed by atoms with Crippen molar-refractivity contribution < 1.29 is 22.8 Å². The van der Waals surface area contributed by atoms with Crippen LogP contribution >= 0.6 is 11.3 Å². The van der Waals surface area contributed by atoms with Gasteiger partial charge in [0.25, 0.3) is 5.91 Å². The molecule has 4 heterocycles. The van der Waals surface area contributed by atoms with Gasteiger partial charge in [0.15, 0.2) is 0 Å². The number of alkyl halides is 3. The fourth-order valence-corrected chi connectivity index (χ4v) is 5.32. The van der Waals surface area contributed by atoms with E-state index >= 15 is 0 Å². The van der Waals surface area contributed by atoms with Gasteiger partial charge in [0.2, 0.25) is 0 Å². The Morgan fingerprint density at radius 3 is 2.59 bits per heavy atom. The first-order valence-electron chi connectivity index (χ1n) is 10.9. The Labute approximate surface area is 197 Å². The average Bonchev–Trinajstić information content (AvgIpc) is 3.37. The molecule has 3 amide bonds. The van der Waals surface area contributed by atoms with Crippen molar-refractivity contribution in [3.63, 3.8) is 0 Å². The van der Waals surface area contributed by atoms with Crippen molar-refractivity contribution in [3.8, 4) is 0 Å². The molecule has 2 saturated heterocycles. The number of likely N-dealkylation sites (tertiary alicyclic amines) is 1. The number of nitrogens with one attached hydrogen (secondary N) is 1. The number of pyridine rings is 1. The van der Waals surface area contributed by atoms with E-state index in [1.807, 2.05) is 5.51 Å². The van der Waals surface area contributed by atoms with Crippen LogP contribution < -0.4 is 5.32 Å². The van der Waals surface area contributed by atoms with Gasteiger partial charge in [-0.2, -0.15) is 13.2 Å². The molecule has 2 aromatic heterocycles. The molecule has 3 aromatic rings. The Morgan fingerprint density at radius 2 is 1.91 bits per heavy atom. The number of hydrogen-bond acceptors (Lipinski definition) is 6. The van der Waals surface area contributed by atoms with Crippen LogP contribution in [-0.4, -0.2) is 50.3 Å². The van der Waals surface area contributed by atoms with Crippen molar-refractivity contribution in [1.82, 2.24) is 25.1 Å². The first kappa shape index (κ1) is 22.7. The maximum Gasteiger partial charge on any atom is 0.433 e. The maximum absolute atomic E-state index is 13.2. The molecule has 0 bridgehead atoms. The monoisotopic (exact) mass is 489 g/mol. The first-order valence-corrected chi connectivity index (χ1v) is 11.8. The number of urea groups is 1. The van der Waals surface area contributed by atoms with Crippen LogP contribution in [0, 0.1) is 0 Å².